The Kier molecular flexibility index (Phi) is 7.66. The lowest BCUT2D eigenvalue weighted by molar-refractivity contribution is -0.139. The van der Waals surface area contributed by atoms with E-state index in [9.17, 15) is 9.59 Å². The van der Waals surface area contributed by atoms with Crippen LogP contribution in [0.3, 0.4) is 0 Å². The molecule has 3 aromatic rings. The maximum Gasteiger partial charge on any atom is 0.249 e. The summed E-state index contributed by atoms with van der Waals surface area (Å²) in [6, 6.07) is 15.1. The number of nitrogens with zero attached hydrogens (tertiary/aromatic N) is 3. The van der Waals surface area contributed by atoms with Crippen molar-refractivity contribution in [2.45, 2.75) is 26.8 Å². The van der Waals surface area contributed by atoms with Crippen molar-refractivity contribution in [1.29, 1.82) is 0 Å². The van der Waals surface area contributed by atoms with Crippen LogP contribution in [0, 0.1) is 6.92 Å². The number of hydrogen-bond donors (Lipinski definition) is 1. The molecule has 0 saturated carbocycles. The Labute approximate surface area is 193 Å². The summed E-state index contributed by atoms with van der Waals surface area (Å²) in [4.78, 5) is 31.3. The molecule has 2 aromatic carbocycles. The molecule has 1 N–H and O–H groups in total. The van der Waals surface area contributed by atoms with Crippen LogP contribution < -0.4 is 5.32 Å². The fraction of sp³-hybridized carbons (Fsp3) is 0.292. The summed E-state index contributed by atoms with van der Waals surface area (Å²) < 4.78 is 6.75. The highest BCUT2D eigenvalue weighted by atomic mass is 35.5. The summed E-state index contributed by atoms with van der Waals surface area (Å²) in [5, 5.41) is 3.49. The molecule has 3 rings (SSSR count). The van der Waals surface area contributed by atoms with Crippen molar-refractivity contribution in [2.24, 2.45) is 0 Å². The largest absolute Gasteiger partial charge is 0.375 e. The molecular formula is C24H27ClN4O3. The molecule has 0 fully saturated rings. The van der Waals surface area contributed by atoms with Crippen LogP contribution in [0.15, 0.2) is 54.7 Å². The van der Waals surface area contributed by atoms with Gasteiger partial charge in [0.05, 0.1) is 5.69 Å². The minimum absolute atomic E-state index is 0.0792. The minimum atomic E-state index is -0.343. The van der Waals surface area contributed by atoms with Gasteiger partial charge in [-0.3, -0.25) is 19.5 Å². The number of carbonyl (C=O) groups is 2. The van der Waals surface area contributed by atoms with E-state index in [4.69, 9.17) is 16.3 Å². The van der Waals surface area contributed by atoms with E-state index in [-0.39, 0.29) is 31.0 Å². The highest BCUT2D eigenvalue weighted by molar-refractivity contribution is 6.30. The monoisotopic (exact) mass is 454 g/mol. The Balaban J connectivity index is 1.91. The van der Waals surface area contributed by atoms with Gasteiger partial charge in [-0.15, -0.1) is 0 Å². The molecule has 0 atom stereocenters. The van der Waals surface area contributed by atoms with Gasteiger partial charge in [0.2, 0.25) is 17.8 Å². The lowest BCUT2D eigenvalue weighted by Gasteiger charge is -2.25. The van der Waals surface area contributed by atoms with Crippen LogP contribution in [0.5, 0.6) is 0 Å². The molecule has 1 aromatic heterocycles. The topological polar surface area (TPSA) is 76.5 Å². The molecule has 0 aliphatic heterocycles. The number of hydrogen-bond acceptors (Lipinski definition) is 4. The highest BCUT2D eigenvalue weighted by Gasteiger charge is 2.21. The number of amides is 2. The van der Waals surface area contributed by atoms with Gasteiger partial charge in [-0.2, -0.15) is 0 Å². The number of aromatic nitrogens is 2. The summed E-state index contributed by atoms with van der Waals surface area (Å²) in [6.07, 6.45) is 1.86. The van der Waals surface area contributed by atoms with E-state index < -0.39 is 0 Å². The molecule has 1 heterocycles. The molecule has 0 radical (unpaired) electrons. The quantitative estimate of drug-likeness (QED) is 0.549. The third-order valence-corrected chi connectivity index (χ3v) is 5.19. The van der Waals surface area contributed by atoms with E-state index in [0.29, 0.717) is 16.7 Å². The maximum absolute atomic E-state index is 12.8. The number of benzene rings is 2. The average molecular weight is 455 g/mol. The van der Waals surface area contributed by atoms with Crippen molar-refractivity contribution >= 4 is 29.4 Å². The molecular weight excluding hydrogens is 428 g/mol. The summed E-state index contributed by atoms with van der Waals surface area (Å²) in [6.45, 7) is 5.54. The Bertz CT molecular complexity index is 1080. The van der Waals surface area contributed by atoms with E-state index in [0.717, 1.165) is 16.8 Å². The third kappa shape index (κ3) is 5.75. The van der Waals surface area contributed by atoms with Crippen LogP contribution in [-0.4, -0.2) is 52.6 Å². The van der Waals surface area contributed by atoms with E-state index in [2.05, 4.69) is 10.3 Å². The minimum Gasteiger partial charge on any atom is -0.375 e. The molecule has 0 aliphatic carbocycles. The zero-order valence-corrected chi connectivity index (χ0v) is 19.4. The highest BCUT2D eigenvalue weighted by Crippen LogP contribution is 2.25. The predicted molar refractivity (Wildman–Crippen MR) is 126 cm³/mol. The molecule has 168 valence electrons. The number of halogens is 1. The first-order chi connectivity index (χ1) is 15.3. The molecule has 7 nitrogen and oxygen atoms in total. The molecule has 0 aliphatic rings. The fourth-order valence-electron chi connectivity index (χ4n) is 3.21. The van der Waals surface area contributed by atoms with Gasteiger partial charge in [-0.05, 0) is 45.0 Å². The molecule has 8 heteroatoms. The molecule has 2 amide bonds. The van der Waals surface area contributed by atoms with Crippen molar-refractivity contribution in [3.05, 3.63) is 65.3 Å². The smallest absolute Gasteiger partial charge is 0.249 e. The summed E-state index contributed by atoms with van der Waals surface area (Å²) >= 11 is 6.01. The first kappa shape index (κ1) is 23.5. The molecule has 0 spiro atoms. The Morgan fingerprint density at radius 3 is 2.38 bits per heavy atom. The van der Waals surface area contributed by atoms with Crippen molar-refractivity contribution in [3.8, 4) is 16.9 Å². The Hall–Kier alpha value is -3.16. The van der Waals surface area contributed by atoms with Crippen LogP contribution in [0.1, 0.15) is 19.4 Å². The fourth-order valence-corrected chi connectivity index (χ4v) is 3.34. The Morgan fingerprint density at radius 2 is 1.78 bits per heavy atom. The summed E-state index contributed by atoms with van der Waals surface area (Å²) in [5.41, 5.74) is 3.54. The lowest BCUT2D eigenvalue weighted by Crippen LogP contribution is -2.44. The first-order valence-corrected chi connectivity index (χ1v) is 10.7. The van der Waals surface area contributed by atoms with Gasteiger partial charge in [0.25, 0.3) is 0 Å². The standard InChI is InChI=1S/C24H27ClN4O3/c1-16(2)28(23(31)15-32-4)14-22(30)27-24-26-21(18-7-9-19(25)10-8-18)13-29(24)20-11-5-17(3)6-12-20/h5-13,16H,14-15H2,1-4H3,(H,26,27,30). The molecule has 32 heavy (non-hydrogen) atoms. The van der Waals surface area contributed by atoms with Crippen molar-refractivity contribution in [1.82, 2.24) is 14.5 Å². The summed E-state index contributed by atoms with van der Waals surface area (Å²) in [5.74, 6) is -0.224. The molecule has 0 bridgehead atoms. The van der Waals surface area contributed by atoms with Crippen molar-refractivity contribution < 1.29 is 14.3 Å². The van der Waals surface area contributed by atoms with Crippen molar-refractivity contribution in [3.63, 3.8) is 0 Å². The van der Waals surface area contributed by atoms with Crippen LogP contribution in [0.2, 0.25) is 5.02 Å². The van der Waals surface area contributed by atoms with Gasteiger partial charge >= 0.3 is 0 Å². The maximum atomic E-state index is 12.8. The van der Waals surface area contributed by atoms with Gasteiger partial charge in [0, 0.05) is 35.6 Å². The van der Waals surface area contributed by atoms with E-state index in [1.165, 1.54) is 12.0 Å². The SMILES string of the molecule is COCC(=O)N(CC(=O)Nc1nc(-c2ccc(Cl)cc2)cn1-c1ccc(C)cc1)C(C)C. The second-order valence-electron chi connectivity index (χ2n) is 7.76. The van der Waals surface area contributed by atoms with Crippen LogP contribution in [0.25, 0.3) is 16.9 Å². The number of methoxy groups -OCH3 is 1. The van der Waals surface area contributed by atoms with E-state index in [1.54, 1.807) is 12.1 Å². The number of nitrogens with one attached hydrogen (secondary N) is 1. The third-order valence-electron chi connectivity index (χ3n) is 4.93. The predicted octanol–water partition coefficient (Wildman–Crippen LogP) is 4.32. The number of rotatable bonds is 8. The normalized spacial score (nSPS) is 10.9. The average Bonchev–Trinajstić information content (AvgIpc) is 3.16. The summed E-state index contributed by atoms with van der Waals surface area (Å²) in [7, 11) is 1.45. The first-order valence-electron chi connectivity index (χ1n) is 10.3. The number of carbonyl (C=O) groups excluding carboxylic acids is 2. The van der Waals surface area contributed by atoms with Gasteiger partial charge in [-0.25, -0.2) is 4.98 Å². The van der Waals surface area contributed by atoms with Crippen LogP contribution >= 0.6 is 11.6 Å². The van der Waals surface area contributed by atoms with Crippen molar-refractivity contribution in [2.75, 3.05) is 25.6 Å². The van der Waals surface area contributed by atoms with Crippen LogP contribution in [-0.2, 0) is 14.3 Å². The van der Waals surface area contributed by atoms with E-state index >= 15 is 0 Å². The van der Waals surface area contributed by atoms with E-state index in [1.807, 2.05) is 67.9 Å². The van der Waals surface area contributed by atoms with Gasteiger partial charge in [0.15, 0.2) is 0 Å². The Morgan fingerprint density at radius 1 is 1.12 bits per heavy atom. The number of imidazole rings is 1. The number of anilines is 1. The number of aryl methyl sites for hydroxylation is 1. The second-order valence-corrected chi connectivity index (χ2v) is 8.20. The second kappa shape index (κ2) is 10.4. The molecule has 0 unspecified atom stereocenters. The van der Waals surface area contributed by atoms with Crippen LogP contribution in [0.4, 0.5) is 5.95 Å². The number of ether oxygens (including phenoxy) is 1. The zero-order chi connectivity index (χ0) is 23.3. The van der Waals surface area contributed by atoms with Gasteiger partial charge in [-0.1, -0.05) is 41.4 Å². The van der Waals surface area contributed by atoms with Gasteiger partial charge in [0.1, 0.15) is 13.2 Å². The lowest BCUT2D eigenvalue weighted by atomic mass is 10.2. The molecule has 0 saturated heterocycles. The zero-order valence-electron chi connectivity index (χ0n) is 18.6. The van der Waals surface area contributed by atoms with Gasteiger partial charge < -0.3 is 9.64 Å².